The lowest BCUT2D eigenvalue weighted by Crippen LogP contribution is -2.04. The van der Waals surface area contributed by atoms with E-state index in [0.29, 0.717) is 0 Å². The summed E-state index contributed by atoms with van der Waals surface area (Å²) in [5, 5.41) is 3.40. The van der Waals surface area contributed by atoms with Crippen molar-refractivity contribution in [3.8, 4) is 0 Å². The van der Waals surface area contributed by atoms with E-state index in [4.69, 9.17) is 4.74 Å². The van der Waals surface area contributed by atoms with Crippen LogP contribution in [0.5, 0.6) is 0 Å². The molecule has 0 atom stereocenters. The van der Waals surface area contributed by atoms with Crippen molar-refractivity contribution in [2.24, 2.45) is 0 Å². The molecule has 0 spiro atoms. The van der Waals surface area contributed by atoms with Crippen LogP contribution in [-0.2, 0) is 11.2 Å². The van der Waals surface area contributed by atoms with Gasteiger partial charge in [0.25, 0.3) is 0 Å². The van der Waals surface area contributed by atoms with Gasteiger partial charge in [-0.2, -0.15) is 0 Å². The zero-order valence-corrected chi connectivity index (χ0v) is 9.33. The maximum Gasteiger partial charge on any atom is 0.0503 e. The summed E-state index contributed by atoms with van der Waals surface area (Å²) in [6.45, 7) is 5.41. The van der Waals surface area contributed by atoms with Crippen LogP contribution in [0.15, 0.2) is 36.9 Å². The molecule has 2 heteroatoms. The zero-order valence-electron chi connectivity index (χ0n) is 9.33. The normalized spacial score (nSPS) is 9.93. The van der Waals surface area contributed by atoms with Crippen molar-refractivity contribution >= 4 is 5.69 Å². The predicted octanol–water partition coefficient (Wildman–Crippen LogP) is 2.86. The van der Waals surface area contributed by atoms with E-state index in [1.165, 1.54) is 11.3 Å². The standard InChI is InChI=1S/C13H19NO/c1-3-4-10-14-13-8-6-5-7-12(13)9-11-15-2/h3,5-8,14H,1,4,9-11H2,2H3. The highest BCUT2D eigenvalue weighted by molar-refractivity contribution is 5.51. The van der Waals surface area contributed by atoms with Crippen molar-refractivity contribution in [2.45, 2.75) is 12.8 Å². The third-order valence-electron chi connectivity index (χ3n) is 2.26. The molecule has 0 saturated heterocycles. The quantitative estimate of drug-likeness (QED) is 0.546. The second-order valence-corrected chi connectivity index (χ2v) is 3.40. The van der Waals surface area contributed by atoms with Gasteiger partial charge in [0.2, 0.25) is 0 Å². The lowest BCUT2D eigenvalue weighted by molar-refractivity contribution is 0.202. The van der Waals surface area contributed by atoms with E-state index in [1.54, 1.807) is 7.11 Å². The Morgan fingerprint density at radius 1 is 1.40 bits per heavy atom. The molecular formula is C13H19NO. The first-order valence-electron chi connectivity index (χ1n) is 5.30. The van der Waals surface area contributed by atoms with Crippen molar-refractivity contribution < 1.29 is 4.74 Å². The molecule has 1 aromatic carbocycles. The largest absolute Gasteiger partial charge is 0.385 e. The van der Waals surface area contributed by atoms with Gasteiger partial charge < -0.3 is 10.1 Å². The minimum absolute atomic E-state index is 0.764. The summed E-state index contributed by atoms with van der Waals surface area (Å²) in [5.41, 5.74) is 2.51. The molecule has 0 bridgehead atoms. The highest BCUT2D eigenvalue weighted by Gasteiger charge is 1.99. The molecule has 0 heterocycles. The molecule has 15 heavy (non-hydrogen) atoms. The van der Waals surface area contributed by atoms with Gasteiger partial charge in [-0.1, -0.05) is 24.3 Å². The van der Waals surface area contributed by atoms with Crippen LogP contribution in [0, 0.1) is 0 Å². The number of methoxy groups -OCH3 is 1. The average Bonchev–Trinajstić information content (AvgIpc) is 2.28. The summed E-state index contributed by atoms with van der Waals surface area (Å²) < 4.78 is 5.08. The number of para-hydroxylation sites is 1. The molecule has 0 fully saturated rings. The number of ether oxygens (including phenoxy) is 1. The molecule has 82 valence electrons. The molecule has 1 rings (SSSR count). The third kappa shape index (κ3) is 4.17. The van der Waals surface area contributed by atoms with Crippen LogP contribution < -0.4 is 5.32 Å². The Bertz CT molecular complexity index is 296. The van der Waals surface area contributed by atoms with Gasteiger partial charge in [0.15, 0.2) is 0 Å². The molecule has 1 aromatic rings. The molecule has 0 amide bonds. The number of nitrogens with one attached hydrogen (secondary N) is 1. The minimum atomic E-state index is 0.764. The van der Waals surface area contributed by atoms with E-state index < -0.39 is 0 Å². The van der Waals surface area contributed by atoms with E-state index in [9.17, 15) is 0 Å². The molecule has 0 aromatic heterocycles. The lowest BCUT2D eigenvalue weighted by Gasteiger charge is -2.10. The summed E-state index contributed by atoms with van der Waals surface area (Å²) in [7, 11) is 1.73. The molecule has 0 aliphatic carbocycles. The monoisotopic (exact) mass is 205 g/mol. The van der Waals surface area contributed by atoms with Crippen LogP contribution in [-0.4, -0.2) is 20.3 Å². The second kappa shape index (κ2) is 7.07. The fraction of sp³-hybridized carbons (Fsp3) is 0.385. The van der Waals surface area contributed by atoms with Crippen LogP contribution >= 0.6 is 0 Å². The van der Waals surface area contributed by atoms with Gasteiger partial charge >= 0.3 is 0 Å². The number of anilines is 1. The van der Waals surface area contributed by atoms with Crippen LogP contribution in [0.4, 0.5) is 5.69 Å². The Morgan fingerprint density at radius 2 is 2.20 bits per heavy atom. The molecule has 0 aliphatic rings. The van der Waals surface area contributed by atoms with Crippen molar-refractivity contribution in [2.75, 3.05) is 25.6 Å². The zero-order chi connectivity index (χ0) is 10.9. The molecule has 0 aliphatic heterocycles. The first-order chi connectivity index (χ1) is 7.38. The van der Waals surface area contributed by atoms with Crippen molar-refractivity contribution in [1.29, 1.82) is 0 Å². The Balaban J connectivity index is 2.55. The predicted molar refractivity (Wildman–Crippen MR) is 65.3 cm³/mol. The van der Waals surface area contributed by atoms with E-state index in [0.717, 1.165) is 26.0 Å². The van der Waals surface area contributed by atoms with Crippen LogP contribution in [0.2, 0.25) is 0 Å². The SMILES string of the molecule is C=CCCNc1ccccc1CCOC. The summed E-state index contributed by atoms with van der Waals surface area (Å²) >= 11 is 0. The van der Waals surface area contributed by atoms with Gasteiger partial charge in [-0.25, -0.2) is 0 Å². The fourth-order valence-corrected chi connectivity index (χ4v) is 1.43. The summed E-state index contributed by atoms with van der Waals surface area (Å²) in [4.78, 5) is 0. The molecule has 0 radical (unpaired) electrons. The molecule has 0 saturated carbocycles. The Labute approximate surface area is 92.0 Å². The number of hydrogen-bond acceptors (Lipinski definition) is 2. The van der Waals surface area contributed by atoms with Crippen molar-refractivity contribution in [3.05, 3.63) is 42.5 Å². The minimum Gasteiger partial charge on any atom is -0.385 e. The average molecular weight is 205 g/mol. The van der Waals surface area contributed by atoms with Gasteiger partial charge in [0.05, 0.1) is 6.61 Å². The maximum atomic E-state index is 5.08. The topological polar surface area (TPSA) is 21.3 Å². The highest BCUT2D eigenvalue weighted by Crippen LogP contribution is 2.15. The molecule has 1 N–H and O–H groups in total. The molecule has 0 unspecified atom stereocenters. The summed E-state index contributed by atoms with van der Waals surface area (Å²) in [5.74, 6) is 0. The van der Waals surface area contributed by atoms with Gasteiger partial charge in [0.1, 0.15) is 0 Å². The number of benzene rings is 1. The highest BCUT2D eigenvalue weighted by atomic mass is 16.5. The second-order valence-electron chi connectivity index (χ2n) is 3.40. The van der Waals surface area contributed by atoms with Crippen LogP contribution in [0.25, 0.3) is 0 Å². The fourth-order valence-electron chi connectivity index (χ4n) is 1.43. The first-order valence-corrected chi connectivity index (χ1v) is 5.30. The van der Waals surface area contributed by atoms with E-state index in [1.807, 2.05) is 12.1 Å². The summed E-state index contributed by atoms with van der Waals surface area (Å²) in [6.07, 6.45) is 3.86. The molecular weight excluding hydrogens is 186 g/mol. The Kier molecular flexibility index (Phi) is 5.56. The van der Waals surface area contributed by atoms with Crippen LogP contribution in [0.1, 0.15) is 12.0 Å². The third-order valence-corrected chi connectivity index (χ3v) is 2.26. The molecule has 2 nitrogen and oxygen atoms in total. The first kappa shape index (κ1) is 11.8. The number of hydrogen-bond donors (Lipinski definition) is 1. The van der Waals surface area contributed by atoms with E-state index in [-0.39, 0.29) is 0 Å². The lowest BCUT2D eigenvalue weighted by atomic mass is 10.1. The van der Waals surface area contributed by atoms with E-state index in [2.05, 4.69) is 30.1 Å². The van der Waals surface area contributed by atoms with E-state index >= 15 is 0 Å². The Morgan fingerprint density at radius 3 is 2.93 bits per heavy atom. The number of rotatable bonds is 7. The Hall–Kier alpha value is -1.28. The van der Waals surface area contributed by atoms with Gasteiger partial charge in [-0.15, -0.1) is 6.58 Å². The van der Waals surface area contributed by atoms with Gasteiger partial charge in [-0.3, -0.25) is 0 Å². The maximum absolute atomic E-state index is 5.08. The van der Waals surface area contributed by atoms with Crippen molar-refractivity contribution in [1.82, 2.24) is 0 Å². The van der Waals surface area contributed by atoms with Crippen molar-refractivity contribution in [3.63, 3.8) is 0 Å². The van der Waals surface area contributed by atoms with Crippen LogP contribution in [0.3, 0.4) is 0 Å². The van der Waals surface area contributed by atoms with Gasteiger partial charge in [-0.05, 0) is 24.5 Å². The summed E-state index contributed by atoms with van der Waals surface area (Å²) in [6, 6.07) is 8.35. The smallest absolute Gasteiger partial charge is 0.0503 e. The van der Waals surface area contributed by atoms with Gasteiger partial charge in [0, 0.05) is 19.3 Å².